The maximum Gasteiger partial charge on any atom is 0.573 e. The third-order valence-electron chi connectivity index (χ3n) is 8.74. The number of nitrogens with two attached hydrogens (primary N) is 1. The van der Waals surface area contributed by atoms with Gasteiger partial charge in [0.15, 0.2) is 0 Å². The summed E-state index contributed by atoms with van der Waals surface area (Å²) < 4.78 is 42.4. The summed E-state index contributed by atoms with van der Waals surface area (Å²) in [6.07, 6.45) is 7.28. The zero-order valence-corrected chi connectivity index (χ0v) is 22.6. The monoisotopic (exact) mass is 557 g/mol. The van der Waals surface area contributed by atoms with Gasteiger partial charge in [-0.1, -0.05) is 24.6 Å². The van der Waals surface area contributed by atoms with Crippen molar-refractivity contribution in [3.05, 3.63) is 41.6 Å². The van der Waals surface area contributed by atoms with Crippen molar-refractivity contribution in [1.82, 2.24) is 15.3 Å². The van der Waals surface area contributed by atoms with Gasteiger partial charge in [0.1, 0.15) is 23.2 Å². The molecule has 5 rings (SSSR count). The van der Waals surface area contributed by atoms with Gasteiger partial charge in [0.2, 0.25) is 5.95 Å². The van der Waals surface area contributed by atoms with E-state index in [1.165, 1.54) is 50.4 Å². The van der Waals surface area contributed by atoms with Crippen LogP contribution in [0.4, 0.5) is 24.9 Å². The van der Waals surface area contributed by atoms with Crippen molar-refractivity contribution in [2.75, 3.05) is 17.2 Å². The van der Waals surface area contributed by atoms with Crippen LogP contribution in [0.2, 0.25) is 0 Å². The second-order valence-electron chi connectivity index (χ2n) is 11.6. The van der Waals surface area contributed by atoms with Gasteiger partial charge in [0, 0.05) is 36.8 Å². The number of anilines is 2. The number of aromatic nitrogens is 2. The van der Waals surface area contributed by atoms with Crippen molar-refractivity contribution in [2.24, 2.45) is 23.5 Å². The van der Waals surface area contributed by atoms with E-state index in [0.29, 0.717) is 59.4 Å². The van der Waals surface area contributed by atoms with Crippen LogP contribution >= 0.6 is 0 Å². The molecule has 40 heavy (non-hydrogen) atoms. The van der Waals surface area contributed by atoms with Crippen molar-refractivity contribution >= 4 is 11.8 Å². The highest BCUT2D eigenvalue weighted by Gasteiger charge is 2.41. The predicted molar refractivity (Wildman–Crippen MR) is 146 cm³/mol. The fourth-order valence-electron chi connectivity index (χ4n) is 6.84. The topological polar surface area (TPSA) is 121 Å². The van der Waals surface area contributed by atoms with E-state index in [2.05, 4.69) is 36.7 Å². The summed E-state index contributed by atoms with van der Waals surface area (Å²) in [6, 6.07) is 9.58. The molecule has 1 unspecified atom stereocenters. The molecule has 8 nitrogen and oxygen atoms in total. The first-order valence-corrected chi connectivity index (χ1v) is 14.4. The average molecular weight is 558 g/mol. The quantitative estimate of drug-likeness (QED) is 0.327. The van der Waals surface area contributed by atoms with Gasteiger partial charge in [-0.3, -0.25) is 0 Å². The first-order valence-electron chi connectivity index (χ1n) is 14.4. The number of rotatable bonds is 9. The normalized spacial score (nSPS) is 28.4. The van der Waals surface area contributed by atoms with E-state index in [9.17, 15) is 18.4 Å². The number of fused-ring (bicyclic) bond motifs is 2. The van der Waals surface area contributed by atoms with Gasteiger partial charge in [-0.15, -0.1) is 13.2 Å². The molecule has 3 saturated carbocycles. The molecule has 3 aliphatic carbocycles. The van der Waals surface area contributed by atoms with Gasteiger partial charge >= 0.3 is 6.36 Å². The number of para-hydroxylation sites is 1. The molecule has 4 atom stereocenters. The van der Waals surface area contributed by atoms with Crippen molar-refractivity contribution in [3.8, 4) is 11.8 Å². The van der Waals surface area contributed by atoms with Gasteiger partial charge in [-0.2, -0.15) is 10.2 Å². The van der Waals surface area contributed by atoms with Gasteiger partial charge < -0.3 is 26.4 Å². The maximum atomic E-state index is 12.8. The molecule has 1 aromatic heterocycles. The van der Waals surface area contributed by atoms with E-state index < -0.39 is 6.36 Å². The molecule has 11 heteroatoms. The van der Waals surface area contributed by atoms with E-state index in [1.807, 2.05) is 0 Å². The zero-order chi connectivity index (χ0) is 28.1. The summed E-state index contributed by atoms with van der Waals surface area (Å²) in [7, 11) is 0. The number of hydrogen-bond donors (Lipinski definition) is 4. The fourth-order valence-corrected chi connectivity index (χ4v) is 6.84. The minimum atomic E-state index is -4.78. The lowest BCUT2D eigenvalue weighted by Gasteiger charge is -2.48. The number of hydrogen-bond acceptors (Lipinski definition) is 8. The first kappa shape index (κ1) is 28.4. The van der Waals surface area contributed by atoms with Crippen LogP contribution in [0.3, 0.4) is 0 Å². The van der Waals surface area contributed by atoms with E-state index >= 15 is 0 Å². The number of alkyl halides is 3. The van der Waals surface area contributed by atoms with Crippen LogP contribution in [0, 0.1) is 29.1 Å². The van der Waals surface area contributed by atoms with Crippen LogP contribution in [0.1, 0.15) is 68.9 Å². The molecule has 1 heterocycles. The van der Waals surface area contributed by atoms with Crippen LogP contribution < -0.4 is 26.4 Å². The smallest absolute Gasteiger partial charge is 0.405 e. The number of benzene rings is 1. The predicted octanol–water partition coefficient (Wildman–Crippen LogP) is 5.33. The summed E-state index contributed by atoms with van der Waals surface area (Å²) in [6.45, 7) is 0.746. The van der Waals surface area contributed by atoms with Crippen LogP contribution in [0.15, 0.2) is 30.5 Å². The standard InChI is InChI=1S/C29H38F3N7O/c30-29(31,32)40-25-7-2-1-4-21(25)16-36-28-37-17-22(14-33)27(39-28)35-15-18-12-19-5-3-6-20(13-18)26(19)38-24-10-8-23(34)9-11-24/h1-2,4,7,17-20,23-24,26,38H,3,5-6,8-13,15-16,34H2,(H2,35,36,37,39)/t18?,19-,20+,23-,24-,26-. The van der Waals surface area contributed by atoms with Gasteiger partial charge in [-0.25, -0.2) is 4.98 Å². The van der Waals surface area contributed by atoms with E-state index in [4.69, 9.17) is 5.73 Å². The van der Waals surface area contributed by atoms with Crippen LogP contribution in [-0.4, -0.2) is 41.0 Å². The molecule has 0 amide bonds. The number of halogens is 3. The zero-order valence-electron chi connectivity index (χ0n) is 22.6. The van der Waals surface area contributed by atoms with E-state index in [0.717, 1.165) is 25.7 Å². The van der Waals surface area contributed by atoms with Crippen molar-refractivity contribution < 1.29 is 17.9 Å². The molecule has 1 aromatic carbocycles. The Kier molecular flexibility index (Phi) is 8.96. The molecule has 0 saturated heterocycles. The minimum Gasteiger partial charge on any atom is -0.405 e. The van der Waals surface area contributed by atoms with Gasteiger partial charge in [0.25, 0.3) is 0 Å². The Hall–Kier alpha value is -3.10. The molecule has 0 aliphatic heterocycles. The summed E-state index contributed by atoms with van der Waals surface area (Å²) in [5.74, 6) is 2.18. The SMILES string of the molecule is N#Cc1cnc(NCc2ccccc2OC(F)(F)F)nc1NCC1C[C@H]2CCC[C@@H](C1)[C@@H]2N[C@H]1CC[C@H](N)CC1. The lowest BCUT2D eigenvalue weighted by Crippen LogP contribution is -2.54. The van der Waals surface area contributed by atoms with Crippen molar-refractivity contribution in [3.63, 3.8) is 0 Å². The highest BCUT2D eigenvalue weighted by molar-refractivity contribution is 5.53. The highest BCUT2D eigenvalue weighted by Crippen LogP contribution is 2.43. The summed E-state index contributed by atoms with van der Waals surface area (Å²) >= 11 is 0. The first-order chi connectivity index (χ1) is 19.3. The van der Waals surface area contributed by atoms with Crippen molar-refractivity contribution in [2.45, 2.75) is 88.8 Å². The Morgan fingerprint density at radius 3 is 2.45 bits per heavy atom. The lowest BCUT2D eigenvalue weighted by molar-refractivity contribution is -0.274. The number of nitrogens with one attached hydrogen (secondary N) is 3. The molecule has 2 bridgehead atoms. The van der Waals surface area contributed by atoms with Crippen LogP contribution in [0.25, 0.3) is 0 Å². The van der Waals surface area contributed by atoms with E-state index in [-0.39, 0.29) is 18.2 Å². The van der Waals surface area contributed by atoms with Gasteiger partial charge in [0.05, 0.1) is 6.20 Å². The lowest BCUT2D eigenvalue weighted by atomic mass is 9.64. The number of nitrogens with zero attached hydrogens (tertiary/aromatic N) is 3. The number of ether oxygens (including phenoxy) is 1. The minimum absolute atomic E-state index is 0.0326. The Morgan fingerprint density at radius 1 is 1.02 bits per heavy atom. The second-order valence-corrected chi connectivity index (χ2v) is 11.6. The van der Waals surface area contributed by atoms with E-state index in [1.54, 1.807) is 12.1 Å². The van der Waals surface area contributed by atoms with Crippen molar-refractivity contribution in [1.29, 1.82) is 5.26 Å². The average Bonchev–Trinajstić information content (AvgIpc) is 2.92. The Balaban J connectivity index is 1.18. The molecule has 2 aromatic rings. The molecule has 3 aliphatic rings. The largest absolute Gasteiger partial charge is 0.573 e. The van der Waals surface area contributed by atoms with Crippen LogP contribution in [-0.2, 0) is 6.54 Å². The van der Waals surface area contributed by atoms with Crippen LogP contribution in [0.5, 0.6) is 5.75 Å². The molecule has 0 spiro atoms. The molecular weight excluding hydrogens is 519 g/mol. The highest BCUT2D eigenvalue weighted by atomic mass is 19.4. The summed E-state index contributed by atoms with van der Waals surface area (Å²) in [5, 5.41) is 20.0. The Morgan fingerprint density at radius 2 is 1.75 bits per heavy atom. The third kappa shape index (κ3) is 7.34. The third-order valence-corrected chi connectivity index (χ3v) is 8.74. The molecule has 3 fully saturated rings. The number of nitriles is 1. The molecule has 5 N–H and O–H groups in total. The molecular formula is C29H38F3N7O. The second kappa shape index (κ2) is 12.6. The maximum absolute atomic E-state index is 12.8. The Bertz CT molecular complexity index is 1160. The Labute approximate surface area is 233 Å². The summed E-state index contributed by atoms with van der Waals surface area (Å²) in [5.41, 5.74) is 6.76. The fraction of sp³-hybridized carbons (Fsp3) is 0.621. The van der Waals surface area contributed by atoms with Gasteiger partial charge in [-0.05, 0) is 75.2 Å². The molecule has 0 radical (unpaired) electrons. The summed E-state index contributed by atoms with van der Waals surface area (Å²) in [4.78, 5) is 8.65. The molecule has 216 valence electrons.